The minimum atomic E-state index is -1.02. The number of aryl methyl sites for hydroxylation is 1. The molecule has 45 heavy (non-hydrogen) atoms. The van der Waals surface area contributed by atoms with Gasteiger partial charge in [-0.3, -0.25) is 19.2 Å². The summed E-state index contributed by atoms with van der Waals surface area (Å²) in [6, 6.07) is 21.7. The van der Waals surface area contributed by atoms with E-state index < -0.39 is 17.9 Å². The van der Waals surface area contributed by atoms with Gasteiger partial charge in [-0.25, -0.2) is 0 Å². The molecule has 0 aromatic heterocycles. The summed E-state index contributed by atoms with van der Waals surface area (Å²) in [5.74, 6) is -1.47. The number of benzene rings is 3. The van der Waals surface area contributed by atoms with E-state index in [0.717, 1.165) is 48.9 Å². The molecule has 0 radical (unpaired) electrons. The van der Waals surface area contributed by atoms with Crippen LogP contribution in [0.1, 0.15) is 71.6 Å². The Labute approximate surface area is 264 Å². The smallest absolute Gasteiger partial charge is 0.305 e. The fourth-order valence-electron chi connectivity index (χ4n) is 6.20. The fourth-order valence-corrected chi connectivity index (χ4v) is 6.20. The van der Waals surface area contributed by atoms with Crippen molar-refractivity contribution in [3.8, 4) is 0 Å². The lowest BCUT2D eigenvalue weighted by Gasteiger charge is -2.37. The summed E-state index contributed by atoms with van der Waals surface area (Å²) in [6.45, 7) is 4.23. The van der Waals surface area contributed by atoms with Gasteiger partial charge in [0.25, 0.3) is 5.91 Å². The molecule has 1 saturated heterocycles. The lowest BCUT2D eigenvalue weighted by molar-refractivity contribution is -0.137. The summed E-state index contributed by atoms with van der Waals surface area (Å²) in [6.07, 6.45) is 4.97. The molecule has 1 atom stereocenters. The van der Waals surface area contributed by atoms with E-state index in [0.29, 0.717) is 49.4 Å². The number of amides is 3. The Kier molecular flexibility index (Phi) is 10.5. The monoisotopic (exact) mass is 610 g/mol. The van der Waals surface area contributed by atoms with E-state index in [2.05, 4.69) is 15.5 Å². The molecular formula is C36H42N4O5. The van der Waals surface area contributed by atoms with Gasteiger partial charge in [0, 0.05) is 37.7 Å². The van der Waals surface area contributed by atoms with E-state index in [4.69, 9.17) is 0 Å². The molecule has 1 aliphatic heterocycles. The Morgan fingerprint density at radius 2 is 1.56 bits per heavy atom. The molecule has 1 unspecified atom stereocenters. The molecule has 2 fully saturated rings. The van der Waals surface area contributed by atoms with Crippen LogP contribution in [0, 0.1) is 12.8 Å². The van der Waals surface area contributed by atoms with Crippen LogP contribution in [0.5, 0.6) is 0 Å². The molecule has 3 N–H and O–H groups in total. The summed E-state index contributed by atoms with van der Waals surface area (Å²) >= 11 is 0. The summed E-state index contributed by atoms with van der Waals surface area (Å²) < 4.78 is 0. The van der Waals surface area contributed by atoms with Crippen LogP contribution in [-0.2, 0) is 20.8 Å². The van der Waals surface area contributed by atoms with E-state index in [1.54, 1.807) is 12.1 Å². The molecule has 1 heterocycles. The highest BCUT2D eigenvalue weighted by Gasteiger charge is 2.27. The largest absolute Gasteiger partial charge is 0.481 e. The van der Waals surface area contributed by atoms with Crippen LogP contribution in [0.4, 0.5) is 11.4 Å². The fraction of sp³-hybridized carbons (Fsp3) is 0.389. The molecular weight excluding hydrogens is 568 g/mol. The zero-order chi connectivity index (χ0) is 31.8. The summed E-state index contributed by atoms with van der Waals surface area (Å²) in [5.41, 5.74) is 4.41. The third-order valence-electron chi connectivity index (χ3n) is 8.83. The number of carboxylic acid groups (broad SMARTS) is 1. The second-order valence-electron chi connectivity index (χ2n) is 12.1. The van der Waals surface area contributed by atoms with Crippen LogP contribution in [0.2, 0.25) is 0 Å². The highest BCUT2D eigenvalue weighted by molar-refractivity contribution is 6.01. The third-order valence-corrected chi connectivity index (χ3v) is 8.83. The topological polar surface area (TPSA) is 119 Å². The molecule has 1 saturated carbocycles. The Morgan fingerprint density at radius 1 is 0.867 bits per heavy atom. The molecule has 5 rings (SSSR count). The number of piperazine rings is 1. The molecule has 0 bridgehead atoms. The number of hydrogen-bond donors (Lipinski definition) is 3. The summed E-state index contributed by atoms with van der Waals surface area (Å²) in [4.78, 5) is 55.5. The van der Waals surface area contributed by atoms with Crippen molar-refractivity contribution < 1.29 is 24.3 Å². The number of hydrogen-bond acceptors (Lipinski definition) is 5. The first-order chi connectivity index (χ1) is 21.8. The number of carboxylic acids is 1. The van der Waals surface area contributed by atoms with Gasteiger partial charge >= 0.3 is 5.97 Å². The maximum atomic E-state index is 13.5. The summed E-state index contributed by atoms with van der Waals surface area (Å²) in [5, 5.41) is 15.5. The zero-order valence-electron chi connectivity index (χ0n) is 25.8. The van der Waals surface area contributed by atoms with Crippen molar-refractivity contribution in [3.05, 3.63) is 95.1 Å². The van der Waals surface area contributed by atoms with Crippen LogP contribution in [0.15, 0.2) is 72.8 Å². The normalized spacial score (nSPS) is 16.1. The maximum Gasteiger partial charge on any atom is 0.305 e. The van der Waals surface area contributed by atoms with Crippen molar-refractivity contribution in [2.45, 2.75) is 57.9 Å². The Bertz CT molecular complexity index is 1490. The Morgan fingerprint density at radius 3 is 2.22 bits per heavy atom. The predicted molar refractivity (Wildman–Crippen MR) is 174 cm³/mol. The average molecular weight is 611 g/mol. The van der Waals surface area contributed by atoms with Crippen molar-refractivity contribution in [1.82, 2.24) is 10.2 Å². The lowest BCUT2D eigenvalue weighted by Crippen LogP contribution is -2.49. The molecule has 3 aromatic carbocycles. The van der Waals surface area contributed by atoms with E-state index in [9.17, 15) is 24.3 Å². The van der Waals surface area contributed by atoms with Gasteiger partial charge < -0.3 is 25.5 Å². The van der Waals surface area contributed by atoms with Gasteiger partial charge in [0.15, 0.2) is 0 Å². The third kappa shape index (κ3) is 8.50. The number of nitrogens with one attached hydrogen (secondary N) is 2. The number of carbonyl (C=O) groups excluding carboxylic acids is 3. The van der Waals surface area contributed by atoms with Gasteiger partial charge in [-0.2, -0.15) is 0 Å². The first-order valence-corrected chi connectivity index (χ1v) is 15.9. The van der Waals surface area contributed by atoms with Crippen LogP contribution in [0.3, 0.4) is 0 Å². The molecule has 1 aliphatic carbocycles. The minimum Gasteiger partial charge on any atom is -0.481 e. The van der Waals surface area contributed by atoms with E-state index in [-0.39, 0.29) is 24.2 Å². The first kappa shape index (κ1) is 31.8. The molecule has 236 valence electrons. The number of nitrogens with zero attached hydrogens (tertiary/aromatic N) is 2. The van der Waals surface area contributed by atoms with E-state index >= 15 is 0 Å². The van der Waals surface area contributed by atoms with Crippen molar-refractivity contribution in [3.63, 3.8) is 0 Å². The highest BCUT2D eigenvalue weighted by Crippen LogP contribution is 2.32. The van der Waals surface area contributed by atoms with Crippen LogP contribution in [0.25, 0.3) is 0 Å². The van der Waals surface area contributed by atoms with Gasteiger partial charge in [-0.15, -0.1) is 0 Å². The van der Waals surface area contributed by atoms with Crippen LogP contribution < -0.4 is 15.5 Å². The van der Waals surface area contributed by atoms with Crippen molar-refractivity contribution in [1.29, 1.82) is 0 Å². The zero-order valence-corrected chi connectivity index (χ0v) is 25.8. The predicted octanol–water partition coefficient (Wildman–Crippen LogP) is 5.35. The van der Waals surface area contributed by atoms with Crippen molar-refractivity contribution in [2.24, 2.45) is 5.92 Å². The number of rotatable bonds is 10. The molecule has 3 amide bonds. The minimum absolute atomic E-state index is 0.0476. The standard InChI is InChI=1S/C36H42N4O5/c1-25-12-14-27(15-13-25)30(24-34(42)43)37-36(45)29-16-17-32(31(23-29)38-35(44)28-10-6-3-7-11-28)39-18-20-40(21-19-39)33(41)22-26-8-4-2-5-9-26/h2,4-5,8-9,12-17,23,28,30H,3,6-7,10-11,18-22,24H2,1H3,(H,37,45)(H,38,44)(H,42,43). The maximum absolute atomic E-state index is 13.5. The second-order valence-corrected chi connectivity index (χ2v) is 12.1. The highest BCUT2D eigenvalue weighted by atomic mass is 16.4. The molecule has 9 heteroatoms. The summed E-state index contributed by atoms with van der Waals surface area (Å²) in [7, 11) is 0. The van der Waals surface area contributed by atoms with Gasteiger partial charge in [0.05, 0.1) is 30.3 Å². The van der Waals surface area contributed by atoms with Crippen LogP contribution >= 0.6 is 0 Å². The quantitative estimate of drug-likeness (QED) is 0.285. The first-order valence-electron chi connectivity index (χ1n) is 15.9. The number of aliphatic carboxylic acids is 1. The Hall–Kier alpha value is -4.66. The molecule has 9 nitrogen and oxygen atoms in total. The SMILES string of the molecule is Cc1ccc(C(CC(=O)O)NC(=O)c2ccc(N3CCN(C(=O)Cc4ccccc4)CC3)c(NC(=O)C3CCCCC3)c2)cc1. The number of anilines is 2. The lowest BCUT2D eigenvalue weighted by atomic mass is 9.88. The van der Waals surface area contributed by atoms with Crippen LogP contribution in [-0.4, -0.2) is 59.9 Å². The van der Waals surface area contributed by atoms with Crippen molar-refractivity contribution >= 4 is 35.1 Å². The molecule has 3 aromatic rings. The average Bonchev–Trinajstić information content (AvgIpc) is 3.05. The van der Waals surface area contributed by atoms with Gasteiger partial charge in [-0.1, -0.05) is 79.4 Å². The second kappa shape index (κ2) is 14.9. The van der Waals surface area contributed by atoms with Gasteiger partial charge in [0.1, 0.15) is 0 Å². The molecule has 2 aliphatic rings. The van der Waals surface area contributed by atoms with Gasteiger partial charge in [0.2, 0.25) is 11.8 Å². The number of carbonyl (C=O) groups is 4. The van der Waals surface area contributed by atoms with Crippen molar-refractivity contribution in [2.75, 3.05) is 36.4 Å². The molecule has 0 spiro atoms. The van der Waals surface area contributed by atoms with Gasteiger partial charge in [-0.05, 0) is 49.1 Å². The Balaban J connectivity index is 1.33. The van der Waals surface area contributed by atoms with E-state index in [1.165, 1.54) is 0 Å². The van der Waals surface area contributed by atoms with E-state index in [1.807, 2.05) is 72.5 Å².